The molecule has 2 N–H and O–H groups in total. The summed E-state index contributed by atoms with van der Waals surface area (Å²) >= 11 is 0. The third-order valence-corrected chi connectivity index (χ3v) is 4.09. The highest BCUT2D eigenvalue weighted by Crippen LogP contribution is 2.30. The number of benzene rings is 1. The third-order valence-electron chi connectivity index (χ3n) is 4.09. The van der Waals surface area contributed by atoms with Crippen molar-refractivity contribution in [3.63, 3.8) is 0 Å². The van der Waals surface area contributed by atoms with Crippen LogP contribution in [0, 0.1) is 0 Å². The third kappa shape index (κ3) is 6.40. The van der Waals surface area contributed by atoms with Crippen molar-refractivity contribution in [2.75, 3.05) is 31.6 Å². The zero-order valence-corrected chi connectivity index (χ0v) is 14.9. The van der Waals surface area contributed by atoms with E-state index in [9.17, 15) is 0 Å². The molecular formula is C19H32N2O2. The molecule has 0 saturated carbocycles. The van der Waals surface area contributed by atoms with Gasteiger partial charge in [-0.3, -0.25) is 0 Å². The van der Waals surface area contributed by atoms with Crippen molar-refractivity contribution in [2.45, 2.75) is 58.6 Å². The molecule has 130 valence electrons. The largest absolute Gasteiger partial charge is 0.487 e. The molecular weight excluding hydrogens is 288 g/mol. The van der Waals surface area contributed by atoms with E-state index in [-0.39, 0.29) is 6.10 Å². The summed E-state index contributed by atoms with van der Waals surface area (Å²) in [6.07, 6.45) is 4.72. The Balaban J connectivity index is 1.66. The number of fused-ring (bicyclic) bond motifs is 1. The van der Waals surface area contributed by atoms with Gasteiger partial charge < -0.3 is 20.1 Å². The van der Waals surface area contributed by atoms with Crippen LogP contribution in [0.3, 0.4) is 0 Å². The summed E-state index contributed by atoms with van der Waals surface area (Å²) < 4.78 is 11.4. The fourth-order valence-electron chi connectivity index (χ4n) is 2.75. The fraction of sp³-hybridized carbons (Fsp3) is 0.684. The van der Waals surface area contributed by atoms with Crippen molar-refractivity contribution >= 4 is 5.69 Å². The first kappa shape index (κ1) is 18.1. The molecule has 0 aromatic heterocycles. The summed E-state index contributed by atoms with van der Waals surface area (Å²) in [5, 5.41) is 7.02. The highest BCUT2D eigenvalue weighted by Gasteiger charge is 2.15. The minimum Gasteiger partial charge on any atom is -0.487 e. The molecule has 1 aliphatic rings. The number of ether oxygens (including phenoxy) is 2. The van der Waals surface area contributed by atoms with E-state index < -0.39 is 0 Å². The predicted octanol–water partition coefficient (Wildman–Crippen LogP) is 3.61. The summed E-state index contributed by atoms with van der Waals surface area (Å²) in [6.45, 7) is 10.2. The Kier molecular flexibility index (Phi) is 7.69. The molecule has 4 nitrogen and oxygen atoms in total. The molecule has 1 aromatic rings. The molecule has 0 amide bonds. The lowest BCUT2D eigenvalue weighted by Gasteiger charge is -2.25. The number of rotatable bonds is 10. The van der Waals surface area contributed by atoms with Crippen molar-refractivity contribution in [3.8, 4) is 5.75 Å². The average Bonchev–Trinajstić information content (AvgIpc) is 2.54. The molecule has 1 aromatic carbocycles. The minimum absolute atomic E-state index is 0.244. The monoisotopic (exact) mass is 320 g/mol. The van der Waals surface area contributed by atoms with Gasteiger partial charge in [0.25, 0.3) is 0 Å². The lowest BCUT2D eigenvalue weighted by molar-refractivity contribution is 0.128. The maximum absolute atomic E-state index is 5.82. The normalized spacial score (nSPS) is 18.0. The van der Waals surface area contributed by atoms with Gasteiger partial charge in [0.15, 0.2) is 0 Å². The minimum atomic E-state index is 0.244. The summed E-state index contributed by atoms with van der Waals surface area (Å²) in [4.78, 5) is 0. The Bertz CT molecular complexity index is 465. The summed E-state index contributed by atoms with van der Waals surface area (Å²) in [5.74, 6) is 0.970. The van der Waals surface area contributed by atoms with Gasteiger partial charge in [0.05, 0.1) is 12.2 Å². The second-order valence-corrected chi connectivity index (χ2v) is 6.52. The predicted molar refractivity (Wildman–Crippen MR) is 96.5 cm³/mol. The molecule has 23 heavy (non-hydrogen) atoms. The van der Waals surface area contributed by atoms with Gasteiger partial charge in [-0.2, -0.15) is 0 Å². The molecule has 2 atom stereocenters. The van der Waals surface area contributed by atoms with Crippen molar-refractivity contribution in [3.05, 3.63) is 23.8 Å². The lowest BCUT2D eigenvalue weighted by Crippen LogP contribution is -2.30. The molecule has 2 unspecified atom stereocenters. The van der Waals surface area contributed by atoms with Gasteiger partial charge in [-0.25, -0.2) is 0 Å². The Morgan fingerprint density at radius 1 is 1.35 bits per heavy atom. The highest BCUT2D eigenvalue weighted by atomic mass is 16.5. The van der Waals surface area contributed by atoms with Crippen LogP contribution in [0.25, 0.3) is 0 Å². The summed E-state index contributed by atoms with van der Waals surface area (Å²) in [6, 6.07) is 6.94. The van der Waals surface area contributed by atoms with Gasteiger partial charge in [-0.15, -0.1) is 0 Å². The molecule has 0 spiro atoms. The van der Waals surface area contributed by atoms with Crippen LogP contribution < -0.4 is 15.4 Å². The quantitative estimate of drug-likeness (QED) is 0.646. The van der Waals surface area contributed by atoms with Crippen LogP contribution in [-0.4, -0.2) is 38.4 Å². The molecule has 0 fully saturated rings. The van der Waals surface area contributed by atoms with Crippen molar-refractivity contribution < 1.29 is 9.47 Å². The van der Waals surface area contributed by atoms with Gasteiger partial charge in [0.1, 0.15) is 11.9 Å². The maximum atomic E-state index is 5.82. The Hall–Kier alpha value is -1.26. The van der Waals surface area contributed by atoms with Crippen LogP contribution in [0.1, 0.15) is 45.6 Å². The van der Waals surface area contributed by atoms with Crippen molar-refractivity contribution in [1.29, 1.82) is 0 Å². The Labute approximate surface area is 140 Å². The molecule has 1 aliphatic heterocycles. The maximum Gasteiger partial charge on any atom is 0.142 e. The summed E-state index contributed by atoms with van der Waals surface area (Å²) in [5.41, 5.74) is 2.46. The standard InChI is InChI=1S/C19H32N2O2/c1-4-5-10-22-11-6-9-20-15(2)12-17-7-8-19-18(13-17)21-14-16(3)23-19/h7-8,13,15-16,20-21H,4-6,9-12,14H2,1-3H3. The number of hydrogen-bond donors (Lipinski definition) is 2. The van der Waals surface area contributed by atoms with Gasteiger partial charge in [-0.1, -0.05) is 19.4 Å². The number of nitrogens with one attached hydrogen (secondary N) is 2. The molecule has 4 heteroatoms. The first-order valence-corrected chi connectivity index (χ1v) is 9.03. The molecule has 2 rings (SSSR count). The van der Waals surface area contributed by atoms with E-state index in [0.29, 0.717) is 6.04 Å². The van der Waals surface area contributed by atoms with Crippen molar-refractivity contribution in [1.82, 2.24) is 5.32 Å². The topological polar surface area (TPSA) is 42.5 Å². The van der Waals surface area contributed by atoms with Crippen LogP contribution in [0.4, 0.5) is 5.69 Å². The first-order valence-electron chi connectivity index (χ1n) is 9.03. The average molecular weight is 320 g/mol. The fourth-order valence-corrected chi connectivity index (χ4v) is 2.75. The zero-order valence-electron chi connectivity index (χ0n) is 14.9. The van der Waals surface area contributed by atoms with E-state index in [2.05, 4.69) is 49.6 Å². The van der Waals surface area contributed by atoms with Gasteiger partial charge >= 0.3 is 0 Å². The smallest absolute Gasteiger partial charge is 0.142 e. The number of unbranched alkanes of at least 4 members (excludes halogenated alkanes) is 1. The van der Waals surface area contributed by atoms with Gasteiger partial charge in [0.2, 0.25) is 0 Å². The first-order chi connectivity index (χ1) is 11.2. The van der Waals surface area contributed by atoms with Crippen LogP contribution >= 0.6 is 0 Å². The van der Waals surface area contributed by atoms with Crippen LogP contribution in [0.15, 0.2) is 18.2 Å². The highest BCUT2D eigenvalue weighted by molar-refractivity contribution is 5.59. The Morgan fingerprint density at radius 3 is 3.00 bits per heavy atom. The molecule has 0 aliphatic carbocycles. The zero-order chi connectivity index (χ0) is 16.5. The second-order valence-electron chi connectivity index (χ2n) is 6.52. The lowest BCUT2D eigenvalue weighted by atomic mass is 10.1. The van der Waals surface area contributed by atoms with E-state index in [0.717, 1.165) is 50.6 Å². The SMILES string of the molecule is CCCCOCCCNC(C)Cc1ccc2c(c1)NCC(C)O2. The molecule has 0 saturated heterocycles. The van der Waals surface area contributed by atoms with E-state index in [1.807, 2.05) is 0 Å². The van der Waals surface area contributed by atoms with Crippen LogP contribution in [0.2, 0.25) is 0 Å². The van der Waals surface area contributed by atoms with E-state index in [1.165, 1.54) is 18.4 Å². The van der Waals surface area contributed by atoms with Crippen molar-refractivity contribution in [2.24, 2.45) is 0 Å². The van der Waals surface area contributed by atoms with E-state index in [4.69, 9.17) is 9.47 Å². The van der Waals surface area contributed by atoms with Crippen LogP contribution in [-0.2, 0) is 11.2 Å². The number of hydrogen-bond acceptors (Lipinski definition) is 4. The molecule has 0 bridgehead atoms. The van der Waals surface area contributed by atoms with Crippen LogP contribution in [0.5, 0.6) is 5.75 Å². The van der Waals surface area contributed by atoms with Gasteiger partial charge in [-0.05, 0) is 57.4 Å². The van der Waals surface area contributed by atoms with E-state index in [1.54, 1.807) is 0 Å². The number of anilines is 1. The second kappa shape index (κ2) is 9.78. The Morgan fingerprint density at radius 2 is 2.17 bits per heavy atom. The molecule has 0 radical (unpaired) electrons. The summed E-state index contributed by atoms with van der Waals surface area (Å²) in [7, 11) is 0. The van der Waals surface area contributed by atoms with Gasteiger partial charge in [0, 0.05) is 19.3 Å². The molecule has 1 heterocycles. The van der Waals surface area contributed by atoms with E-state index >= 15 is 0 Å².